The monoisotopic (exact) mass is 280 g/mol. The minimum Gasteiger partial charge on any atom is -0.309 e. The molecule has 0 bridgehead atoms. The van der Waals surface area contributed by atoms with Crippen LogP contribution < -0.4 is 5.32 Å². The quantitative estimate of drug-likeness (QED) is 0.661. The van der Waals surface area contributed by atoms with Gasteiger partial charge in [0.25, 0.3) is 0 Å². The van der Waals surface area contributed by atoms with E-state index in [1.807, 2.05) is 0 Å². The van der Waals surface area contributed by atoms with Crippen molar-refractivity contribution >= 4 is 0 Å². The van der Waals surface area contributed by atoms with Crippen LogP contribution in [-0.2, 0) is 0 Å². The molecule has 0 aliphatic heterocycles. The Bertz CT molecular complexity index is 368. The predicted octanol–water partition coefficient (Wildman–Crippen LogP) is 4.87. The Labute approximate surface area is 123 Å². The Morgan fingerprint density at radius 3 is 2.65 bits per heavy atom. The summed E-state index contributed by atoms with van der Waals surface area (Å²) in [7, 11) is 0. The number of pyridine rings is 1. The van der Waals surface area contributed by atoms with Crippen molar-refractivity contribution in [2.45, 2.75) is 65.3 Å². The van der Waals surface area contributed by atoms with E-state index in [9.17, 15) is 4.39 Å². The number of hydrogen-bond acceptors (Lipinski definition) is 2. The fourth-order valence-electron chi connectivity index (χ4n) is 2.58. The molecule has 2 atom stereocenters. The van der Waals surface area contributed by atoms with Crippen LogP contribution >= 0.6 is 0 Å². The molecule has 0 aliphatic carbocycles. The molecule has 20 heavy (non-hydrogen) atoms. The molecule has 0 aromatic carbocycles. The maximum absolute atomic E-state index is 14.0. The predicted molar refractivity (Wildman–Crippen MR) is 83.2 cm³/mol. The first-order chi connectivity index (χ1) is 9.72. The topological polar surface area (TPSA) is 24.9 Å². The normalized spacial score (nSPS) is 14.2. The van der Waals surface area contributed by atoms with Gasteiger partial charge in [0.05, 0.1) is 11.7 Å². The second-order valence-electron chi connectivity index (χ2n) is 5.53. The van der Waals surface area contributed by atoms with E-state index in [-0.39, 0.29) is 11.9 Å². The Balaban J connectivity index is 2.75. The van der Waals surface area contributed by atoms with Crippen molar-refractivity contribution < 1.29 is 4.39 Å². The standard InChI is InChI=1S/C17H29FN2/c1-4-7-9-14(6-3)13-16(19-11-5-2)17-15(18)10-8-12-20-17/h8,10,12,14,16,19H,4-7,9,11,13H2,1-3H3. The van der Waals surface area contributed by atoms with Crippen molar-refractivity contribution in [3.8, 4) is 0 Å². The van der Waals surface area contributed by atoms with Gasteiger partial charge >= 0.3 is 0 Å². The van der Waals surface area contributed by atoms with Crippen LogP contribution in [0.2, 0.25) is 0 Å². The SMILES string of the molecule is CCCCC(CC)CC(NCCC)c1ncccc1F. The molecule has 0 fully saturated rings. The first-order valence-corrected chi connectivity index (χ1v) is 8.06. The zero-order chi connectivity index (χ0) is 14.8. The number of rotatable bonds is 10. The van der Waals surface area contributed by atoms with Crippen molar-refractivity contribution in [1.82, 2.24) is 10.3 Å². The molecule has 1 N–H and O–H groups in total. The lowest BCUT2D eigenvalue weighted by molar-refractivity contribution is 0.343. The summed E-state index contributed by atoms with van der Waals surface area (Å²) in [6, 6.07) is 3.21. The van der Waals surface area contributed by atoms with Crippen molar-refractivity contribution in [2.75, 3.05) is 6.54 Å². The van der Waals surface area contributed by atoms with Crippen molar-refractivity contribution in [2.24, 2.45) is 5.92 Å². The maximum Gasteiger partial charge on any atom is 0.146 e. The van der Waals surface area contributed by atoms with Crippen LogP contribution in [0.4, 0.5) is 4.39 Å². The van der Waals surface area contributed by atoms with Crippen molar-refractivity contribution in [1.29, 1.82) is 0 Å². The lowest BCUT2D eigenvalue weighted by Crippen LogP contribution is -2.26. The van der Waals surface area contributed by atoms with Crippen molar-refractivity contribution in [3.63, 3.8) is 0 Å². The van der Waals surface area contributed by atoms with E-state index in [0.717, 1.165) is 25.8 Å². The average molecular weight is 280 g/mol. The second-order valence-corrected chi connectivity index (χ2v) is 5.53. The van der Waals surface area contributed by atoms with E-state index >= 15 is 0 Å². The Hall–Kier alpha value is -0.960. The first kappa shape index (κ1) is 17.1. The van der Waals surface area contributed by atoms with Gasteiger partial charge < -0.3 is 5.32 Å². The summed E-state index contributed by atoms with van der Waals surface area (Å²) >= 11 is 0. The van der Waals surface area contributed by atoms with Gasteiger partial charge in [-0.3, -0.25) is 4.98 Å². The summed E-state index contributed by atoms with van der Waals surface area (Å²) in [5.41, 5.74) is 0.580. The molecule has 0 radical (unpaired) electrons. The molecule has 0 saturated heterocycles. The number of halogens is 1. The summed E-state index contributed by atoms with van der Waals surface area (Å²) < 4.78 is 14.0. The molecule has 0 aliphatic rings. The number of aromatic nitrogens is 1. The van der Waals surface area contributed by atoms with Gasteiger partial charge in [0.1, 0.15) is 5.82 Å². The fraction of sp³-hybridized carbons (Fsp3) is 0.706. The lowest BCUT2D eigenvalue weighted by Gasteiger charge is -2.24. The van der Waals surface area contributed by atoms with Gasteiger partial charge in [0.15, 0.2) is 0 Å². The van der Waals surface area contributed by atoms with Crippen LogP contribution in [0.25, 0.3) is 0 Å². The van der Waals surface area contributed by atoms with E-state index in [0.29, 0.717) is 11.6 Å². The summed E-state index contributed by atoms with van der Waals surface area (Å²) in [6.45, 7) is 7.49. The fourth-order valence-corrected chi connectivity index (χ4v) is 2.58. The molecule has 114 valence electrons. The minimum absolute atomic E-state index is 0.0398. The third-order valence-electron chi connectivity index (χ3n) is 3.87. The largest absolute Gasteiger partial charge is 0.309 e. The highest BCUT2D eigenvalue weighted by molar-refractivity contribution is 5.11. The van der Waals surface area contributed by atoms with Gasteiger partial charge in [0.2, 0.25) is 0 Å². The first-order valence-electron chi connectivity index (χ1n) is 8.06. The Morgan fingerprint density at radius 1 is 1.25 bits per heavy atom. The third-order valence-corrected chi connectivity index (χ3v) is 3.87. The average Bonchev–Trinajstić information content (AvgIpc) is 2.47. The highest BCUT2D eigenvalue weighted by Crippen LogP contribution is 2.27. The Kier molecular flexibility index (Phi) is 8.43. The van der Waals surface area contributed by atoms with E-state index in [4.69, 9.17) is 0 Å². The van der Waals surface area contributed by atoms with Crippen LogP contribution in [-0.4, -0.2) is 11.5 Å². The number of nitrogens with one attached hydrogen (secondary N) is 1. The molecule has 0 amide bonds. The zero-order valence-corrected chi connectivity index (χ0v) is 13.2. The molecule has 1 aromatic rings. The maximum atomic E-state index is 14.0. The highest BCUT2D eigenvalue weighted by atomic mass is 19.1. The van der Waals surface area contributed by atoms with Gasteiger partial charge in [0, 0.05) is 6.20 Å². The second kappa shape index (κ2) is 9.87. The van der Waals surface area contributed by atoms with Crippen molar-refractivity contribution in [3.05, 3.63) is 29.8 Å². The van der Waals surface area contributed by atoms with E-state index in [1.54, 1.807) is 12.3 Å². The molecule has 2 nitrogen and oxygen atoms in total. The van der Waals surface area contributed by atoms with Crippen LogP contribution in [0.15, 0.2) is 18.3 Å². The molecule has 3 heteroatoms. The molecule has 1 heterocycles. The summed E-state index contributed by atoms with van der Waals surface area (Å²) in [5, 5.41) is 3.47. The van der Waals surface area contributed by atoms with Gasteiger partial charge in [-0.15, -0.1) is 0 Å². The highest BCUT2D eigenvalue weighted by Gasteiger charge is 2.20. The molecule has 1 rings (SSSR count). The molecule has 2 unspecified atom stereocenters. The molecular formula is C17H29FN2. The van der Waals surface area contributed by atoms with Crippen LogP contribution in [0.3, 0.4) is 0 Å². The molecule has 1 aromatic heterocycles. The zero-order valence-electron chi connectivity index (χ0n) is 13.2. The van der Waals surface area contributed by atoms with Crippen LogP contribution in [0, 0.1) is 11.7 Å². The van der Waals surface area contributed by atoms with Crippen LogP contribution in [0.5, 0.6) is 0 Å². The van der Waals surface area contributed by atoms with Gasteiger partial charge in [-0.2, -0.15) is 0 Å². The lowest BCUT2D eigenvalue weighted by atomic mass is 9.90. The minimum atomic E-state index is -0.188. The third kappa shape index (κ3) is 5.58. The number of unbranched alkanes of at least 4 members (excludes halogenated alkanes) is 1. The van der Waals surface area contributed by atoms with Crippen LogP contribution in [0.1, 0.15) is 71.0 Å². The molecule has 0 spiro atoms. The summed E-state index contributed by atoms with van der Waals surface area (Å²) in [5.74, 6) is 0.456. The smallest absolute Gasteiger partial charge is 0.146 e. The van der Waals surface area contributed by atoms with E-state index < -0.39 is 0 Å². The summed E-state index contributed by atoms with van der Waals surface area (Å²) in [4.78, 5) is 4.26. The number of hydrogen-bond donors (Lipinski definition) is 1. The van der Waals surface area contributed by atoms with Gasteiger partial charge in [-0.05, 0) is 37.4 Å². The molecular weight excluding hydrogens is 251 g/mol. The summed E-state index contributed by atoms with van der Waals surface area (Å²) in [6.07, 6.45) is 8.57. The number of nitrogens with zero attached hydrogens (tertiary/aromatic N) is 1. The van der Waals surface area contributed by atoms with E-state index in [2.05, 4.69) is 31.1 Å². The van der Waals surface area contributed by atoms with E-state index in [1.165, 1.54) is 25.3 Å². The molecule has 0 saturated carbocycles. The van der Waals surface area contributed by atoms with Gasteiger partial charge in [-0.25, -0.2) is 4.39 Å². The van der Waals surface area contributed by atoms with Gasteiger partial charge in [-0.1, -0.05) is 46.5 Å². The Morgan fingerprint density at radius 2 is 2.05 bits per heavy atom.